The van der Waals surface area contributed by atoms with Crippen molar-refractivity contribution in [3.8, 4) is 22.6 Å². The molecule has 0 amide bonds. The summed E-state index contributed by atoms with van der Waals surface area (Å²) >= 11 is 3.73. The zero-order valence-electron chi connectivity index (χ0n) is 54.0. The molecule has 21 rings (SSSR count). The average Bonchev–Trinajstić information content (AvgIpc) is 0.812. The second kappa shape index (κ2) is 22.6. The van der Waals surface area contributed by atoms with E-state index in [9.17, 15) is 0 Å². The van der Waals surface area contributed by atoms with Crippen LogP contribution in [0.1, 0.15) is 0 Å². The van der Waals surface area contributed by atoms with Crippen molar-refractivity contribution in [3.05, 3.63) is 346 Å². The lowest BCUT2D eigenvalue weighted by Crippen LogP contribution is -2.64. The molecule has 0 saturated heterocycles. The van der Waals surface area contributed by atoms with E-state index in [2.05, 4.69) is 370 Å². The minimum atomic E-state index is -0.227. The Morgan fingerprint density at radius 2 is 0.740 bits per heavy atom. The number of ether oxygens (including phenoxy) is 1. The number of fused-ring (bicyclic) bond motifs is 14. The van der Waals surface area contributed by atoms with Crippen molar-refractivity contribution in [2.24, 2.45) is 0 Å². The van der Waals surface area contributed by atoms with Crippen molar-refractivity contribution in [2.75, 3.05) is 24.5 Å². The highest BCUT2D eigenvalue weighted by molar-refractivity contribution is 7.27. The van der Waals surface area contributed by atoms with Crippen LogP contribution in [0.2, 0.25) is 0 Å². The monoisotopic (exact) mass is 1310 g/mol. The third-order valence-electron chi connectivity index (χ3n) is 20.8. The van der Waals surface area contributed by atoms with Crippen LogP contribution in [0.15, 0.2) is 346 Å². The van der Waals surface area contributed by atoms with E-state index in [0.29, 0.717) is 0 Å². The summed E-state index contributed by atoms with van der Waals surface area (Å²) in [6.45, 7) is -0.449. The Morgan fingerprint density at radius 3 is 1.42 bits per heavy atom. The molecule has 6 heterocycles. The van der Waals surface area contributed by atoms with E-state index >= 15 is 0 Å². The second-order valence-corrected chi connectivity index (χ2v) is 28.3. The van der Waals surface area contributed by atoms with Gasteiger partial charge in [0.15, 0.2) is 0 Å². The fourth-order valence-electron chi connectivity index (χ4n) is 16.7. The number of nitrogens with zero attached hydrogens (tertiary/aromatic N) is 5. The molecule has 2 aromatic heterocycles. The topological polar surface area (TPSA) is 25.4 Å². The third-order valence-corrected chi connectivity index (χ3v) is 23.2. The standard InChI is InChI=1S/C90H57B2N5OS2/c1-6-28-58(29-7-1)65-38-16-21-45-74(65)96-79-57-78-72(92-71-44-20-23-49-83(71)98-84-55-64(54-82(88(84)92)95(78)62-36-14-5-15-37-62)94(61-34-12-4-13-35-61)76-47-26-41-68-66-39-17-24-50-85(66)99-89(68)76)56-73(79)91-70-43-19-22-46-75(70)97(77-48-27-42-69-67-40-18-25-51-86(67)100-90(69)77)81-53-63(52-80(96)87(81)91)93(59-30-8-2-9-31-59)60-32-10-3-11-33-60/h1-57H. The molecule has 0 N–H and O–H groups in total. The van der Waals surface area contributed by atoms with Crippen LogP contribution >= 0.6 is 22.7 Å². The molecule has 0 radical (unpaired) electrons. The average molecular weight is 1310 g/mol. The quantitative estimate of drug-likeness (QED) is 0.127. The van der Waals surface area contributed by atoms with Crippen LogP contribution in [-0.4, -0.2) is 13.4 Å². The fourth-order valence-corrected chi connectivity index (χ4v) is 19.1. The lowest BCUT2D eigenvalue weighted by Gasteiger charge is -2.47. The van der Waals surface area contributed by atoms with E-state index < -0.39 is 0 Å². The van der Waals surface area contributed by atoms with Crippen molar-refractivity contribution in [2.45, 2.75) is 0 Å². The van der Waals surface area contributed by atoms with Crippen molar-refractivity contribution in [3.63, 3.8) is 0 Å². The molecule has 10 heteroatoms. The predicted molar refractivity (Wildman–Crippen MR) is 427 cm³/mol. The van der Waals surface area contributed by atoms with Gasteiger partial charge in [0, 0.05) is 99.4 Å². The highest BCUT2D eigenvalue weighted by Gasteiger charge is 2.49. The largest absolute Gasteiger partial charge is 0.458 e. The van der Waals surface area contributed by atoms with Crippen molar-refractivity contribution >= 4 is 195 Å². The molecule has 17 aromatic rings. The van der Waals surface area contributed by atoms with E-state index in [1.807, 2.05) is 22.7 Å². The first-order chi connectivity index (χ1) is 49.6. The molecule has 4 aliphatic rings. The first kappa shape index (κ1) is 56.8. The Bertz CT molecular complexity index is 6110. The number of anilines is 15. The Morgan fingerprint density at radius 1 is 0.270 bits per heavy atom. The summed E-state index contributed by atoms with van der Waals surface area (Å²) in [5.74, 6) is 1.69. The van der Waals surface area contributed by atoms with Gasteiger partial charge in [0.05, 0.1) is 37.8 Å². The van der Waals surface area contributed by atoms with Gasteiger partial charge in [-0.3, -0.25) is 0 Å². The van der Waals surface area contributed by atoms with Gasteiger partial charge in [-0.05, 0) is 154 Å². The zero-order valence-corrected chi connectivity index (χ0v) is 55.7. The van der Waals surface area contributed by atoms with Crippen LogP contribution < -0.4 is 62.0 Å². The SMILES string of the molecule is c1ccc(-c2ccccc2N2c3cc4c(cc3B3c5ccccc5N(c5cccc6c5sc5ccccc56)c5cc(N(c6ccccc6)c6ccccc6)cc2c53)B2c3ccccc3Oc3cc(N(c5ccccc5)c5cccc6c5sc5ccccc56)cc(c32)N4c2ccccc2)cc1. The van der Waals surface area contributed by atoms with Crippen molar-refractivity contribution in [1.29, 1.82) is 0 Å². The summed E-state index contributed by atoms with van der Waals surface area (Å²) < 4.78 is 12.5. The van der Waals surface area contributed by atoms with E-state index in [1.165, 1.54) is 62.2 Å². The van der Waals surface area contributed by atoms with Gasteiger partial charge < -0.3 is 29.2 Å². The summed E-state index contributed by atoms with van der Waals surface area (Å²) in [7, 11) is 0. The molecule has 0 spiro atoms. The molecule has 6 nitrogen and oxygen atoms in total. The van der Waals surface area contributed by atoms with Crippen LogP contribution in [0.25, 0.3) is 51.5 Å². The molecule has 0 aliphatic carbocycles. The van der Waals surface area contributed by atoms with Crippen LogP contribution in [0.4, 0.5) is 85.3 Å². The number of benzene rings is 15. The first-order valence-electron chi connectivity index (χ1n) is 34.2. The van der Waals surface area contributed by atoms with Gasteiger partial charge in [0.1, 0.15) is 11.5 Å². The van der Waals surface area contributed by atoms with Gasteiger partial charge in [0.2, 0.25) is 0 Å². The summed E-state index contributed by atoms with van der Waals surface area (Å²) in [5, 5.41) is 5.02. The van der Waals surface area contributed by atoms with E-state index in [-0.39, 0.29) is 13.4 Å². The molecule has 0 atom stereocenters. The zero-order chi connectivity index (χ0) is 65.5. The van der Waals surface area contributed by atoms with Crippen LogP contribution in [-0.2, 0) is 0 Å². The molecule has 0 fully saturated rings. The second-order valence-electron chi connectivity index (χ2n) is 26.2. The molecule has 4 aliphatic heterocycles. The highest BCUT2D eigenvalue weighted by Crippen LogP contribution is 2.55. The lowest BCUT2D eigenvalue weighted by atomic mass is 9.30. The molecule has 15 aromatic carbocycles. The fraction of sp³-hybridized carbons (Fsp3) is 0. The maximum atomic E-state index is 7.45. The maximum Gasteiger partial charge on any atom is 0.256 e. The number of thiophene rings is 2. The molecule has 0 saturated carbocycles. The Kier molecular flexibility index (Phi) is 12.9. The van der Waals surface area contributed by atoms with E-state index in [1.54, 1.807) is 0 Å². The highest BCUT2D eigenvalue weighted by atomic mass is 32.1. The summed E-state index contributed by atoms with van der Waals surface area (Å²) in [5.41, 5.74) is 25.7. The Balaban J connectivity index is 0.883. The molecular weight excluding hydrogens is 1250 g/mol. The first-order valence-corrected chi connectivity index (χ1v) is 35.8. The summed E-state index contributed by atoms with van der Waals surface area (Å²) in [6, 6.07) is 128. The van der Waals surface area contributed by atoms with E-state index in [0.717, 1.165) is 119 Å². The third kappa shape index (κ3) is 8.64. The predicted octanol–water partition coefficient (Wildman–Crippen LogP) is 21.5. The maximum absolute atomic E-state index is 7.45. The molecule has 0 bridgehead atoms. The van der Waals surface area contributed by atoms with Gasteiger partial charge in [-0.25, -0.2) is 0 Å². The number of rotatable bonds is 10. The number of para-hydroxylation sites is 7. The molecule has 466 valence electrons. The lowest BCUT2D eigenvalue weighted by molar-refractivity contribution is 0.487. The van der Waals surface area contributed by atoms with Gasteiger partial charge >= 0.3 is 0 Å². The van der Waals surface area contributed by atoms with Crippen molar-refractivity contribution < 1.29 is 4.74 Å². The number of hydrogen-bond donors (Lipinski definition) is 0. The molecule has 0 unspecified atom stereocenters. The van der Waals surface area contributed by atoms with Gasteiger partial charge in [0.25, 0.3) is 13.4 Å². The van der Waals surface area contributed by atoms with Crippen LogP contribution in [0.3, 0.4) is 0 Å². The van der Waals surface area contributed by atoms with Gasteiger partial charge in [-0.2, -0.15) is 0 Å². The van der Waals surface area contributed by atoms with Crippen molar-refractivity contribution in [1.82, 2.24) is 0 Å². The minimum absolute atomic E-state index is 0.222. The van der Waals surface area contributed by atoms with E-state index in [4.69, 9.17) is 4.74 Å². The summed E-state index contributed by atoms with van der Waals surface area (Å²) in [4.78, 5) is 12.7. The normalized spacial score (nSPS) is 13.0. The molecular formula is C90H57B2N5OS2. The Hall–Kier alpha value is -12.3. The van der Waals surface area contributed by atoms with Gasteiger partial charge in [-0.1, -0.05) is 224 Å². The minimum Gasteiger partial charge on any atom is -0.458 e. The van der Waals surface area contributed by atoms with Gasteiger partial charge in [-0.15, -0.1) is 22.7 Å². The Labute approximate surface area is 588 Å². The van der Waals surface area contributed by atoms with Crippen LogP contribution in [0.5, 0.6) is 11.5 Å². The smallest absolute Gasteiger partial charge is 0.256 e. The molecule has 100 heavy (non-hydrogen) atoms. The number of hydrogen-bond acceptors (Lipinski definition) is 8. The van der Waals surface area contributed by atoms with Crippen LogP contribution in [0, 0.1) is 0 Å². The summed E-state index contributed by atoms with van der Waals surface area (Å²) in [6.07, 6.45) is 0.